The molecule has 0 amide bonds. The van der Waals surface area contributed by atoms with Gasteiger partial charge < -0.3 is 14.5 Å². The maximum atomic E-state index is 6.55. The van der Waals surface area contributed by atoms with Gasteiger partial charge in [0.05, 0.1) is 0 Å². The Morgan fingerprint density at radius 3 is 1.88 bits per heavy atom. The smallest absolute Gasteiger partial charge is 0.256 e. The van der Waals surface area contributed by atoms with Crippen molar-refractivity contribution in [3.63, 3.8) is 0 Å². The molecule has 194 valence electrons. The van der Waals surface area contributed by atoms with Gasteiger partial charge >= 0.3 is 0 Å². The van der Waals surface area contributed by atoms with Crippen molar-refractivity contribution >= 4 is 57.2 Å². The van der Waals surface area contributed by atoms with Crippen LogP contribution in [-0.2, 0) is 0 Å². The van der Waals surface area contributed by atoms with Gasteiger partial charge in [0, 0.05) is 34.1 Å². The van der Waals surface area contributed by atoms with Crippen molar-refractivity contribution < 1.29 is 4.74 Å². The first-order valence-corrected chi connectivity index (χ1v) is 14.1. The Morgan fingerprint density at radius 1 is 0.537 bits per heavy atom. The summed E-state index contributed by atoms with van der Waals surface area (Å²) in [5, 5.41) is 0. The molecule has 0 saturated carbocycles. The molecule has 0 radical (unpaired) electrons. The summed E-state index contributed by atoms with van der Waals surface area (Å²) >= 11 is 0. The van der Waals surface area contributed by atoms with Gasteiger partial charge in [0.2, 0.25) is 0 Å². The first kappa shape index (κ1) is 23.7. The van der Waals surface area contributed by atoms with Crippen molar-refractivity contribution in [2.75, 3.05) is 9.80 Å². The van der Waals surface area contributed by atoms with Crippen molar-refractivity contribution in [3.8, 4) is 11.5 Å². The summed E-state index contributed by atoms with van der Waals surface area (Å²) in [5.41, 5.74) is 11.7. The van der Waals surface area contributed by atoms with E-state index in [1.807, 2.05) is 0 Å². The van der Waals surface area contributed by atoms with E-state index in [0.717, 1.165) is 34.2 Å². The molecule has 0 bridgehead atoms. The molecule has 2 aliphatic heterocycles. The molecule has 0 N–H and O–H groups in total. The molecular weight excluding hydrogens is 499 g/mol. The fourth-order valence-corrected chi connectivity index (χ4v) is 6.41. The lowest BCUT2D eigenvalue weighted by molar-refractivity contribution is 0.487. The lowest BCUT2D eigenvalue weighted by Crippen LogP contribution is -2.59. The van der Waals surface area contributed by atoms with E-state index in [4.69, 9.17) is 4.74 Å². The summed E-state index contributed by atoms with van der Waals surface area (Å²) in [6.07, 6.45) is 0. The highest BCUT2D eigenvalue weighted by atomic mass is 16.5. The van der Waals surface area contributed by atoms with Crippen LogP contribution >= 0.6 is 0 Å². The van der Waals surface area contributed by atoms with Crippen LogP contribution in [0.25, 0.3) is 0 Å². The number of hydrogen-bond donors (Lipinski definition) is 0. The molecule has 0 unspecified atom stereocenters. The van der Waals surface area contributed by atoms with E-state index in [2.05, 4.69) is 162 Å². The zero-order valence-electron chi connectivity index (χ0n) is 22.7. The van der Waals surface area contributed by atoms with E-state index in [9.17, 15) is 0 Å². The third-order valence-corrected chi connectivity index (χ3v) is 8.11. The second-order valence-corrected chi connectivity index (χ2v) is 10.7. The molecule has 0 spiro atoms. The number of ether oxygens (including phenoxy) is 1. The molecule has 8 rings (SSSR count). The number of fused-ring (bicyclic) bond motifs is 4. The number of hydrogen-bond acceptors (Lipinski definition) is 3. The Morgan fingerprint density at radius 2 is 1.17 bits per heavy atom. The van der Waals surface area contributed by atoms with Gasteiger partial charge in [-0.2, -0.15) is 0 Å². The van der Waals surface area contributed by atoms with E-state index in [0.29, 0.717) is 0 Å². The lowest BCUT2D eigenvalue weighted by atomic mass is 9.34. The van der Waals surface area contributed by atoms with Gasteiger partial charge in [0.25, 0.3) is 6.71 Å². The van der Waals surface area contributed by atoms with E-state index in [-0.39, 0.29) is 6.71 Å². The lowest BCUT2D eigenvalue weighted by Gasteiger charge is -2.41. The largest absolute Gasteiger partial charge is 0.458 e. The highest BCUT2D eigenvalue weighted by Gasteiger charge is 2.42. The molecule has 4 heteroatoms. The van der Waals surface area contributed by atoms with E-state index < -0.39 is 0 Å². The van der Waals surface area contributed by atoms with Crippen LogP contribution in [-0.4, -0.2) is 6.71 Å². The summed E-state index contributed by atoms with van der Waals surface area (Å²) in [5.74, 6) is 1.87. The molecule has 3 nitrogen and oxygen atoms in total. The zero-order chi connectivity index (χ0) is 27.3. The predicted octanol–water partition coefficient (Wildman–Crippen LogP) is 7.87. The average Bonchev–Trinajstić information content (AvgIpc) is 3.02. The van der Waals surface area contributed by atoms with Crippen LogP contribution in [0.1, 0.15) is 5.56 Å². The van der Waals surface area contributed by atoms with Gasteiger partial charge in [-0.05, 0) is 95.6 Å². The van der Waals surface area contributed by atoms with Crippen LogP contribution in [0.5, 0.6) is 11.5 Å². The Labute approximate surface area is 241 Å². The Bertz CT molecular complexity index is 1850. The predicted molar refractivity (Wildman–Crippen MR) is 172 cm³/mol. The van der Waals surface area contributed by atoms with Gasteiger partial charge in [-0.3, -0.25) is 0 Å². The van der Waals surface area contributed by atoms with Crippen molar-refractivity contribution in [2.24, 2.45) is 0 Å². The van der Waals surface area contributed by atoms with Crippen LogP contribution < -0.4 is 30.9 Å². The normalized spacial score (nSPS) is 12.6. The van der Waals surface area contributed by atoms with Gasteiger partial charge in [0.1, 0.15) is 11.5 Å². The molecule has 0 aromatic heterocycles. The van der Waals surface area contributed by atoms with Crippen molar-refractivity contribution in [2.45, 2.75) is 6.92 Å². The van der Waals surface area contributed by atoms with Gasteiger partial charge in [-0.15, -0.1) is 0 Å². The molecule has 2 aliphatic rings. The minimum absolute atomic E-state index is 0.0801. The standard InChI is InChI=1S/C37H27BN2O/c1-26-23-34-37-36(24-26)41-35-20-12-11-19-32(35)38(37)31-22-21-30(25-33(31)40(34)29-17-9-4-10-18-29)39(27-13-5-2-6-14-27)28-15-7-3-8-16-28/h2-25H,1H3. The van der Waals surface area contributed by atoms with Crippen molar-refractivity contribution in [1.82, 2.24) is 0 Å². The molecule has 41 heavy (non-hydrogen) atoms. The zero-order valence-corrected chi connectivity index (χ0v) is 22.7. The number of rotatable bonds is 4. The molecule has 0 atom stereocenters. The third-order valence-electron chi connectivity index (χ3n) is 8.11. The van der Waals surface area contributed by atoms with Crippen LogP contribution in [0.15, 0.2) is 146 Å². The van der Waals surface area contributed by atoms with E-state index >= 15 is 0 Å². The summed E-state index contributed by atoms with van der Waals surface area (Å²) in [7, 11) is 0. The second-order valence-electron chi connectivity index (χ2n) is 10.7. The number of anilines is 6. The molecule has 6 aromatic carbocycles. The topological polar surface area (TPSA) is 15.7 Å². The Balaban J connectivity index is 1.41. The maximum Gasteiger partial charge on any atom is 0.256 e. The van der Waals surface area contributed by atoms with Gasteiger partial charge in [-0.1, -0.05) is 78.9 Å². The summed E-state index contributed by atoms with van der Waals surface area (Å²) in [4.78, 5) is 4.74. The molecule has 2 heterocycles. The first-order valence-electron chi connectivity index (χ1n) is 14.1. The highest BCUT2D eigenvalue weighted by molar-refractivity contribution is 6.99. The molecule has 6 aromatic rings. The van der Waals surface area contributed by atoms with Crippen molar-refractivity contribution in [1.29, 1.82) is 0 Å². The first-order chi connectivity index (χ1) is 20.3. The minimum atomic E-state index is 0.0801. The van der Waals surface area contributed by atoms with Gasteiger partial charge in [0.15, 0.2) is 0 Å². The second kappa shape index (κ2) is 9.46. The number of nitrogens with zero attached hydrogens (tertiary/aromatic N) is 2. The highest BCUT2D eigenvalue weighted by Crippen LogP contribution is 2.43. The van der Waals surface area contributed by atoms with Crippen LogP contribution in [0.2, 0.25) is 0 Å². The summed E-state index contributed by atoms with van der Waals surface area (Å²) < 4.78 is 6.55. The molecule has 0 fully saturated rings. The monoisotopic (exact) mass is 526 g/mol. The summed E-state index contributed by atoms with van der Waals surface area (Å²) in [6, 6.07) is 51.8. The number of para-hydroxylation sites is 4. The van der Waals surface area contributed by atoms with Crippen LogP contribution in [0.4, 0.5) is 34.1 Å². The Kier molecular flexibility index (Phi) is 5.46. The third kappa shape index (κ3) is 3.83. The molecular formula is C37H27BN2O. The van der Waals surface area contributed by atoms with E-state index in [1.54, 1.807) is 0 Å². The molecule has 0 aliphatic carbocycles. The van der Waals surface area contributed by atoms with E-state index in [1.165, 1.54) is 33.3 Å². The number of aryl methyl sites for hydroxylation is 1. The fourth-order valence-electron chi connectivity index (χ4n) is 6.41. The SMILES string of the molecule is Cc1cc2c3c(c1)N(c1ccccc1)c1cc(N(c4ccccc4)c4ccccc4)ccc1B3c1ccccc1O2. The summed E-state index contributed by atoms with van der Waals surface area (Å²) in [6.45, 7) is 2.23. The quantitative estimate of drug-likeness (QED) is 0.217. The van der Waals surface area contributed by atoms with Crippen LogP contribution in [0.3, 0.4) is 0 Å². The van der Waals surface area contributed by atoms with Gasteiger partial charge in [-0.25, -0.2) is 0 Å². The fraction of sp³-hybridized carbons (Fsp3) is 0.0270. The van der Waals surface area contributed by atoms with Crippen molar-refractivity contribution in [3.05, 3.63) is 151 Å². The maximum absolute atomic E-state index is 6.55. The van der Waals surface area contributed by atoms with Crippen LogP contribution in [0, 0.1) is 6.92 Å². The minimum Gasteiger partial charge on any atom is -0.458 e. The molecule has 0 saturated heterocycles. The Hall–Kier alpha value is -5.22. The average molecular weight is 526 g/mol. The number of benzene rings is 6.